The van der Waals surface area contributed by atoms with Crippen molar-refractivity contribution in [2.24, 2.45) is 0 Å². The fraction of sp³-hybridized carbons (Fsp3) is 0.409. The Morgan fingerprint density at radius 1 is 1.10 bits per heavy atom. The second-order valence-corrected chi connectivity index (χ2v) is 9.43. The molecule has 5 rings (SSSR count). The van der Waals surface area contributed by atoms with Gasteiger partial charge in [-0.1, -0.05) is 0 Å². The highest BCUT2D eigenvalue weighted by Crippen LogP contribution is 2.41. The van der Waals surface area contributed by atoms with Crippen LogP contribution in [-0.4, -0.2) is 39.9 Å². The van der Waals surface area contributed by atoms with Crippen molar-refractivity contribution in [2.45, 2.75) is 38.3 Å². The topological polar surface area (TPSA) is 60.3 Å². The highest BCUT2D eigenvalue weighted by molar-refractivity contribution is 7.11. The smallest absolute Gasteiger partial charge is 0.280 e. The number of likely N-dealkylation sites (tertiary alicyclic amines) is 1. The summed E-state index contributed by atoms with van der Waals surface area (Å²) in [6.45, 7) is 5.82. The normalized spacial score (nSPS) is 21.0. The Hall–Kier alpha value is -2.51. The number of methoxy groups -OCH3 is 1. The largest absolute Gasteiger partial charge is 0.497 e. The van der Waals surface area contributed by atoms with Gasteiger partial charge in [0.1, 0.15) is 11.6 Å². The van der Waals surface area contributed by atoms with Crippen LogP contribution in [0.15, 0.2) is 41.2 Å². The number of nitrogens with zero attached hydrogens (tertiary/aromatic N) is 4. The van der Waals surface area contributed by atoms with Crippen LogP contribution in [0, 0.1) is 6.92 Å². The van der Waals surface area contributed by atoms with Crippen molar-refractivity contribution in [3.8, 4) is 17.0 Å². The van der Waals surface area contributed by atoms with Gasteiger partial charge in [-0.25, -0.2) is 0 Å². The minimum atomic E-state index is -0.0447. The van der Waals surface area contributed by atoms with Crippen LogP contribution >= 0.6 is 11.3 Å². The number of hydrogen-bond acceptors (Lipinski definition) is 6. The lowest BCUT2D eigenvalue weighted by Gasteiger charge is -2.22. The molecule has 1 spiro atoms. The Morgan fingerprint density at radius 3 is 2.62 bits per heavy atom. The lowest BCUT2D eigenvalue weighted by atomic mass is 9.85. The molecule has 2 aliphatic heterocycles. The molecule has 1 fully saturated rings. The molecule has 0 aliphatic carbocycles. The van der Waals surface area contributed by atoms with E-state index in [0.29, 0.717) is 5.69 Å². The summed E-state index contributed by atoms with van der Waals surface area (Å²) in [7, 11) is 1.63. The van der Waals surface area contributed by atoms with E-state index in [1.54, 1.807) is 7.11 Å². The fourth-order valence-corrected chi connectivity index (χ4v) is 5.59. The molecule has 0 radical (unpaired) electrons. The van der Waals surface area contributed by atoms with E-state index in [4.69, 9.17) is 4.74 Å². The lowest BCUT2D eigenvalue weighted by Crippen LogP contribution is -2.33. The number of ether oxygens (including phenoxy) is 1. The van der Waals surface area contributed by atoms with Gasteiger partial charge in [0.05, 0.1) is 7.11 Å². The highest BCUT2D eigenvalue weighted by atomic mass is 32.1. The van der Waals surface area contributed by atoms with Crippen molar-refractivity contribution in [2.75, 3.05) is 20.2 Å². The van der Waals surface area contributed by atoms with Crippen LogP contribution in [0.25, 0.3) is 11.3 Å². The number of benzene rings is 1. The summed E-state index contributed by atoms with van der Waals surface area (Å²) >= 11 is 1.86. The van der Waals surface area contributed by atoms with Crippen LogP contribution in [0.2, 0.25) is 0 Å². The first-order chi connectivity index (χ1) is 14.1. The molecule has 0 unspecified atom stereocenters. The molecule has 7 heteroatoms. The molecule has 0 saturated carbocycles. The van der Waals surface area contributed by atoms with E-state index >= 15 is 0 Å². The molecule has 1 atom stereocenters. The number of hydrogen-bond donors (Lipinski definition) is 0. The predicted molar refractivity (Wildman–Crippen MR) is 114 cm³/mol. The summed E-state index contributed by atoms with van der Waals surface area (Å²) in [6, 6.07) is 11.8. The van der Waals surface area contributed by atoms with Crippen molar-refractivity contribution in [1.29, 1.82) is 0 Å². The van der Waals surface area contributed by atoms with Gasteiger partial charge in [-0.05, 0) is 62.7 Å². The number of aromatic nitrogens is 3. The third-order valence-electron chi connectivity index (χ3n) is 6.21. The minimum absolute atomic E-state index is 0.0376. The number of rotatable bonds is 4. The molecule has 0 bridgehead atoms. The van der Waals surface area contributed by atoms with Crippen LogP contribution in [0.5, 0.6) is 5.75 Å². The molecule has 2 aromatic heterocycles. The van der Waals surface area contributed by atoms with Gasteiger partial charge in [0.2, 0.25) is 0 Å². The molecule has 1 aromatic carbocycles. The molecule has 2 aliphatic rings. The summed E-state index contributed by atoms with van der Waals surface area (Å²) in [5.74, 6) is 1.62. The third-order valence-corrected chi connectivity index (χ3v) is 7.19. The summed E-state index contributed by atoms with van der Waals surface area (Å²) < 4.78 is 7.06. The van der Waals surface area contributed by atoms with E-state index < -0.39 is 0 Å². The molecule has 6 nitrogen and oxygen atoms in total. The zero-order chi connectivity index (χ0) is 20.0. The number of aryl methyl sites for hydroxylation is 1. The van der Waals surface area contributed by atoms with Crippen LogP contribution in [0.4, 0.5) is 0 Å². The van der Waals surface area contributed by atoms with Crippen molar-refractivity contribution in [1.82, 2.24) is 19.7 Å². The molecule has 0 N–H and O–H groups in total. The maximum atomic E-state index is 13.1. The standard InChI is InChI=1S/C22H24N4O2S/c1-15-3-8-18(29-15)13-25-11-9-22(14-25)10-12-26-20(27)19(23-24-21(22)26)16-4-6-17(28-2)7-5-16/h3-8H,9-14H2,1-2H3/t22-/m0/s1. The molecular formula is C22H24N4O2S. The first-order valence-electron chi connectivity index (χ1n) is 9.98. The average Bonchev–Trinajstić information content (AvgIpc) is 3.43. The van der Waals surface area contributed by atoms with Gasteiger partial charge in [-0.2, -0.15) is 0 Å². The van der Waals surface area contributed by atoms with Gasteiger partial charge in [0.25, 0.3) is 5.56 Å². The van der Waals surface area contributed by atoms with E-state index in [9.17, 15) is 4.79 Å². The maximum absolute atomic E-state index is 13.1. The molecule has 4 heterocycles. The van der Waals surface area contributed by atoms with Crippen LogP contribution < -0.4 is 10.3 Å². The Kier molecular flexibility index (Phi) is 4.52. The van der Waals surface area contributed by atoms with E-state index in [2.05, 4.69) is 34.2 Å². The summed E-state index contributed by atoms with van der Waals surface area (Å²) in [5, 5.41) is 8.94. The van der Waals surface area contributed by atoms with Crippen LogP contribution in [-0.2, 0) is 18.5 Å². The van der Waals surface area contributed by atoms with Gasteiger partial charge in [-0.15, -0.1) is 21.5 Å². The molecular weight excluding hydrogens is 384 g/mol. The summed E-state index contributed by atoms with van der Waals surface area (Å²) in [4.78, 5) is 18.4. The van der Waals surface area contributed by atoms with Crippen molar-refractivity contribution >= 4 is 11.3 Å². The highest BCUT2D eigenvalue weighted by Gasteiger charge is 2.46. The molecule has 0 amide bonds. The van der Waals surface area contributed by atoms with Gasteiger partial charge in [0.15, 0.2) is 5.69 Å². The zero-order valence-corrected chi connectivity index (χ0v) is 17.5. The minimum Gasteiger partial charge on any atom is -0.497 e. The predicted octanol–water partition coefficient (Wildman–Crippen LogP) is 3.23. The van der Waals surface area contributed by atoms with Crippen molar-refractivity contribution in [3.05, 3.63) is 62.3 Å². The van der Waals surface area contributed by atoms with E-state index in [-0.39, 0.29) is 11.0 Å². The first kappa shape index (κ1) is 18.5. The molecule has 150 valence electrons. The Bertz CT molecular complexity index is 1100. The summed E-state index contributed by atoms with van der Waals surface area (Å²) in [6.07, 6.45) is 2.00. The Labute approximate surface area is 173 Å². The monoisotopic (exact) mass is 408 g/mol. The molecule has 29 heavy (non-hydrogen) atoms. The van der Waals surface area contributed by atoms with E-state index in [0.717, 1.165) is 56.2 Å². The van der Waals surface area contributed by atoms with Gasteiger partial charge < -0.3 is 4.74 Å². The summed E-state index contributed by atoms with van der Waals surface area (Å²) in [5.41, 5.74) is 1.11. The number of fused-ring (bicyclic) bond motifs is 2. The number of thiophene rings is 1. The lowest BCUT2D eigenvalue weighted by molar-refractivity contribution is 0.301. The van der Waals surface area contributed by atoms with Gasteiger partial charge in [0, 0.05) is 40.4 Å². The zero-order valence-electron chi connectivity index (χ0n) is 16.7. The second kappa shape index (κ2) is 7.07. The Balaban J connectivity index is 1.41. The van der Waals surface area contributed by atoms with Crippen LogP contribution in [0.1, 0.15) is 28.4 Å². The third kappa shape index (κ3) is 3.18. The van der Waals surface area contributed by atoms with Crippen molar-refractivity contribution < 1.29 is 4.74 Å². The van der Waals surface area contributed by atoms with Crippen LogP contribution in [0.3, 0.4) is 0 Å². The quantitative estimate of drug-likeness (QED) is 0.663. The van der Waals surface area contributed by atoms with Gasteiger partial charge >= 0.3 is 0 Å². The average molecular weight is 409 g/mol. The molecule has 1 saturated heterocycles. The maximum Gasteiger partial charge on any atom is 0.280 e. The van der Waals surface area contributed by atoms with E-state index in [1.165, 1.54) is 9.75 Å². The SMILES string of the molecule is COc1ccc(-c2nnc3n(c2=O)CC[C@]32CCN(Cc3ccc(C)s3)C2)cc1. The van der Waals surface area contributed by atoms with Crippen molar-refractivity contribution in [3.63, 3.8) is 0 Å². The Morgan fingerprint density at radius 2 is 1.90 bits per heavy atom. The molecule has 3 aromatic rings. The first-order valence-corrected chi connectivity index (χ1v) is 10.8. The van der Waals surface area contributed by atoms with E-state index in [1.807, 2.05) is 40.2 Å². The second-order valence-electron chi connectivity index (χ2n) is 8.06. The fourth-order valence-electron chi connectivity index (χ4n) is 4.66. The van der Waals surface area contributed by atoms with Gasteiger partial charge in [-0.3, -0.25) is 14.3 Å².